The van der Waals surface area contributed by atoms with Crippen molar-refractivity contribution in [1.29, 1.82) is 0 Å². The van der Waals surface area contributed by atoms with Crippen LogP contribution in [0.2, 0.25) is 0 Å². The Morgan fingerprint density at radius 2 is 1.67 bits per heavy atom. The summed E-state index contributed by atoms with van der Waals surface area (Å²) in [5.41, 5.74) is 0. The molecule has 1 nitrogen and oxygen atoms in total. The SMILES string of the molecule is CC[S+]([O-])C(C)(C)C.F. The van der Waals surface area contributed by atoms with Crippen molar-refractivity contribution in [2.75, 3.05) is 5.75 Å². The van der Waals surface area contributed by atoms with Crippen LogP contribution in [0.25, 0.3) is 0 Å². The Hall–Kier alpha value is 0.240. The Kier molecular flexibility index (Phi) is 5.48. The van der Waals surface area contributed by atoms with Crippen LogP contribution >= 0.6 is 0 Å². The van der Waals surface area contributed by atoms with Crippen LogP contribution in [-0.4, -0.2) is 15.1 Å². The maximum atomic E-state index is 10.9. The molecule has 0 aliphatic rings. The van der Waals surface area contributed by atoms with Gasteiger partial charge in [0.25, 0.3) is 0 Å². The summed E-state index contributed by atoms with van der Waals surface area (Å²) in [5.74, 6) is 0.767. The van der Waals surface area contributed by atoms with Gasteiger partial charge in [0.1, 0.15) is 10.5 Å². The quantitative estimate of drug-likeness (QED) is 0.527. The fraction of sp³-hybridized carbons (Fsp3) is 1.00. The molecule has 0 heterocycles. The summed E-state index contributed by atoms with van der Waals surface area (Å²) in [6.45, 7) is 7.92. The molecule has 0 fully saturated rings. The van der Waals surface area contributed by atoms with E-state index in [9.17, 15) is 4.55 Å². The van der Waals surface area contributed by atoms with E-state index >= 15 is 0 Å². The number of hydrogen-bond acceptors (Lipinski definition) is 1. The molecule has 0 radical (unpaired) electrons. The molecule has 3 heteroatoms. The van der Waals surface area contributed by atoms with Gasteiger partial charge in [-0.3, -0.25) is 4.70 Å². The first-order valence-corrected chi connectivity index (χ1v) is 4.19. The van der Waals surface area contributed by atoms with E-state index in [1.165, 1.54) is 0 Å². The Morgan fingerprint density at radius 1 is 1.33 bits per heavy atom. The van der Waals surface area contributed by atoms with Gasteiger partial charge in [-0.15, -0.1) is 0 Å². The minimum atomic E-state index is -0.644. The van der Waals surface area contributed by atoms with E-state index < -0.39 is 11.2 Å². The molecule has 0 N–H and O–H groups in total. The van der Waals surface area contributed by atoms with Crippen LogP contribution in [0.3, 0.4) is 0 Å². The fourth-order valence-electron chi connectivity index (χ4n) is 0.433. The summed E-state index contributed by atoms with van der Waals surface area (Å²) in [4.78, 5) is 0. The van der Waals surface area contributed by atoms with E-state index in [0.717, 1.165) is 5.75 Å². The van der Waals surface area contributed by atoms with Crippen LogP contribution in [0.4, 0.5) is 4.70 Å². The molecule has 1 atom stereocenters. The number of hydrogen-bond donors (Lipinski definition) is 0. The second-order valence-electron chi connectivity index (χ2n) is 2.75. The highest BCUT2D eigenvalue weighted by Gasteiger charge is 2.22. The average molecular weight is 154 g/mol. The maximum Gasteiger partial charge on any atom is 0.117 e. The van der Waals surface area contributed by atoms with Gasteiger partial charge in [0.2, 0.25) is 0 Å². The summed E-state index contributed by atoms with van der Waals surface area (Å²) in [6, 6.07) is 0. The highest BCUT2D eigenvalue weighted by Crippen LogP contribution is 2.14. The van der Waals surface area contributed by atoms with Crippen molar-refractivity contribution in [3.05, 3.63) is 0 Å². The van der Waals surface area contributed by atoms with Crippen LogP contribution in [0, 0.1) is 0 Å². The molecule has 0 aromatic heterocycles. The smallest absolute Gasteiger partial charge is 0.117 e. The molecule has 0 saturated carbocycles. The molecule has 1 unspecified atom stereocenters. The highest BCUT2D eigenvalue weighted by molar-refractivity contribution is 7.92. The van der Waals surface area contributed by atoms with Crippen molar-refractivity contribution in [2.24, 2.45) is 0 Å². The van der Waals surface area contributed by atoms with E-state index in [0.29, 0.717) is 0 Å². The minimum Gasteiger partial charge on any atom is -0.616 e. The average Bonchev–Trinajstić information content (AvgIpc) is 1.62. The Labute approximate surface area is 59.4 Å². The molecular formula is C6H15FOS. The first-order valence-electron chi connectivity index (χ1n) is 2.87. The third-order valence-electron chi connectivity index (χ3n) is 0.945. The Morgan fingerprint density at radius 3 is 1.67 bits per heavy atom. The molecule has 58 valence electrons. The lowest BCUT2D eigenvalue weighted by atomic mass is 10.3. The van der Waals surface area contributed by atoms with Crippen LogP contribution in [-0.2, 0) is 11.2 Å². The summed E-state index contributed by atoms with van der Waals surface area (Å²) < 4.78 is 10.9. The molecule has 0 aliphatic carbocycles. The summed E-state index contributed by atoms with van der Waals surface area (Å²) in [6.07, 6.45) is 0. The predicted octanol–water partition coefficient (Wildman–Crippen LogP) is 1.71. The highest BCUT2D eigenvalue weighted by atomic mass is 32.2. The topological polar surface area (TPSA) is 23.1 Å². The van der Waals surface area contributed by atoms with Gasteiger partial charge in [-0.1, -0.05) is 0 Å². The molecule has 0 aromatic rings. The monoisotopic (exact) mass is 154 g/mol. The molecule has 0 bridgehead atoms. The van der Waals surface area contributed by atoms with E-state index in [4.69, 9.17) is 0 Å². The van der Waals surface area contributed by atoms with Gasteiger partial charge < -0.3 is 4.55 Å². The standard InChI is InChI=1S/C6H14OS.FH/c1-5-8(7)6(2,3)4;/h5H2,1-4H3;1H. The fourth-order valence-corrected chi connectivity index (χ4v) is 1.30. The molecule has 0 saturated heterocycles. The van der Waals surface area contributed by atoms with Crippen molar-refractivity contribution in [2.45, 2.75) is 32.4 Å². The van der Waals surface area contributed by atoms with Gasteiger partial charge in [-0.2, -0.15) is 0 Å². The van der Waals surface area contributed by atoms with Gasteiger partial charge in [0, 0.05) is 0 Å². The van der Waals surface area contributed by atoms with E-state index in [1.807, 2.05) is 27.7 Å². The van der Waals surface area contributed by atoms with Crippen molar-refractivity contribution in [3.8, 4) is 0 Å². The zero-order valence-corrected chi connectivity index (χ0v) is 7.25. The van der Waals surface area contributed by atoms with E-state index in [2.05, 4.69) is 0 Å². The first-order chi connectivity index (χ1) is 3.48. The molecule has 0 aromatic carbocycles. The second-order valence-corrected chi connectivity index (χ2v) is 5.24. The minimum absolute atomic E-state index is 0. The lowest BCUT2D eigenvalue weighted by molar-refractivity contribution is 0.561. The number of halogens is 1. The third-order valence-corrected chi connectivity index (χ3v) is 2.84. The maximum absolute atomic E-state index is 10.9. The summed E-state index contributed by atoms with van der Waals surface area (Å²) in [5, 5.41) is 0. The molecular weight excluding hydrogens is 139 g/mol. The second kappa shape index (κ2) is 4.12. The van der Waals surface area contributed by atoms with Gasteiger partial charge >= 0.3 is 0 Å². The molecule has 9 heavy (non-hydrogen) atoms. The van der Waals surface area contributed by atoms with E-state index in [-0.39, 0.29) is 9.45 Å². The van der Waals surface area contributed by atoms with Crippen molar-refractivity contribution < 1.29 is 9.26 Å². The van der Waals surface area contributed by atoms with Gasteiger partial charge in [-0.05, 0) is 38.9 Å². The van der Waals surface area contributed by atoms with Crippen LogP contribution in [0.1, 0.15) is 27.7 Å². The molecule has 0 rings (SSSR count). The summed E-state index contributed by atoms with van der Waals surface area (Å²) >= 11 is -0.644. The predicted molar refractivity (Wildman–Crippen MR) is 40.9 cm³/mol. The van der Waals surface area contributed by atoms with Crippen LogP contribution in [0.15, 0.2) is 0 Å². The van der Waals surface area contributed by atoms with Gasteiger partial charge in [-0.25, -0.2) is 0 Å². The lowest BCUT2D eigenvalue weighted by Crippen LogP contribution is -2.29. The summed E-state index contributed by atoms with van der Waals surface area (Å²) in [7, 11) is 0. The lowest BCUT2D eigenvalue weighted by Gasteiger charge is -2.22. The van der Waals surface area contributed by atoms with Crippen LogP contribution < -0.4 is 0 Å². The first kappa shape index (κ1) is 12.0. The molecule has 0 spiro atoms. The van der Waals surface area contributed by atoms with Crippen molar-refractivity contribution in [3.63, 3.8) is 0 Å². The normalized spacial score (nSPS) is 14.3. The Balaban J connectivity index is 0. The van der Waals surface area contributed by atoms with Crippen molar-refractivity contribution >= 4 is 11.2 Å². The van der Waals surface area contributed by atoms with Crippen molar-refractivity contribution in [1.82, 2.24) is 0 Å². The van der Waals surface area contributed by atoms with Gasteiger partial charge in [0.05, 0.1) is 0 Å². The zero-order valence-electron chi connectivity index (χ0n) is 6.43. The molecule has 0 amide bonds. The molecule has 0 aliphatic heterocycles. The van der Waals surface area contributed by atoms with Gasteiger partial charge in [0.15, 0.2) is 0 Å². The van der Waals surface area contributed by atoms with Crippen LogP contribution in [0.5, 0.6) is 0 Å². The largest absolute Gasteiger partial charge is 0.616 e. The third kappa shape index (κ3) is 4.73. The Bertz CT molecular complexity index is 69.9. The zero-order chi connectivity index (χ0) is 6.78. The van der Waals surface area contributed by atoms with E-state index in [1.54, 1.807) is 0 Å². The number of rotatable bonds is 1.